The average molecular weight is 249 g/mol. The number of aliphatic hydroxyl groups is 1. The summed E-state index contributed by atoms with van der Waals surface area (Å²) in [6, 6.07) is 8.65. The summed E-state index contributed by atoms with van der Waals surface area (Å²) in [5, 5.41) is 9.88. The number of rotatable bonds is 7. The van der Waals surface area contributed by atoms with Gasteiger partial charge in [0, 0.05) is 23.8 Å². The molecule has 0 aliphatic heterocycles. The van der Waals surface area contributed by atoms with E-state index in [2.05, 4.69) is 37.8 Å². The predicted molar refractivity (Wildman–Crippen MR) is 79.1 cm³/mol. The van der Waals surface area contributed by atoms with Crippen LogP contribution in [0.15, 0.2) is 24.3 Å². The lowest BCUT2D eigenvalue weighted by Gasteiger charge is -2.31. The lowest BCUT2D eigenvalue weighted by atomic mass is 10.1. The van der Waals surface area contributed by atoms with Gasteiger partial charge in [-0.05, 0) is 33.3 Å². The lowest BCUT2D eigenvalue weighted by Crippen LogP contribution is -2.32. The molecule has 0 amide bonds. The Labute approximate surface area is 112 Å². The summed E-state index contributed by atoms with van der Waals surface area (Å²) in [7, 11) is 0. The number of aliphatic hydroxyl groups excluding tert-OH is 1. The Morgan fingerprint density at radius 3 is 2.33 bits per heavy atom. The molecule has 0 spiro atoms. The van der Waals surface area contributed by atoms with Gasteiger partial charge >= 0.3 is 0 Å². The highest BCUT2D eigenvalue weighted by atomic mass is 16.3. The second-order valence-electron chi connectivity index (χ2n) is 5.23. The van der Waals surface area contributed by atoms with Crippen LogP contribution in [0.1, 0.15) is 58.6 Å². The summed E-state index contributed by atoms with van der Waals surface area (Å²) in [4.78, 5) is 2.40. The van der Waals surface area contributed by atoms with Crippen LogP contribution in [0.5, 0.6) is 0 Å². The third-order valence-electron chi connectivity index (χ3n) is 3.32. The minimum absolute atomic E-state index is 0.409. The maximum Gasteiger partial charge on any atom is 0.0781 e. The lowest BCUT2D eigenvalue weighted by molar-refractivity contribution is 0.199. The standard InChI is InChI=1S/C16H27NO/c1-5-6-9-12-17(13(2)3)16-11-8-7-10-15(16)14(4)18/h7-8,10-11,13-14,18H,5-6,9,12H2,1-4H3/t14-/m1/s1. The van der Waals surface area contributed by atoms with E-state index in [0.717, 1.165) is 12.1 Å². The predicted octanol–water partition coefficient (Wildman–Crippen LogP) is 4.14. The fourth-order valence-electron chi connectivity index (χ4n) is 2.29. The van der Waals surface area contributed by atoms with Gasteiger partial charge < -0.3 is 10.0 Å². The molecule has 0 heterocycles. The van der Waals surface area contributed by atoms with E-state index in [1.54, 1.807) is 0 Å². The molecule has 0 saturated heterocycles. The normalized spacial score (nSPS) is 12.8. The highest BCUT2D eigenvalue weighted by Crippen LogP contribution is 2.27. The first-order chi connectivity index (χ1) is 8.57. The molecule has 2 nitrogen and oxygen atoms in total. The molecule has 0 bridgehead atoms. The van der Waals surface area contributed by atoms with Crippen LogP contribution in [0.3, 0.4) is 0 Å². The quantitative estimate of drug-likeness (QED) is 0.734. The summed E-state index contributed by atoms with van der Waals surface area (Å²) < 4.78 is 0. The van der Waals surface area contributed by atoms with Gasteiger partial charge in [0.05, 0.1) is 6.10 Å². The number of para-hydroxylation sites is 1. The van der Waals surface area contributed by atoms with Crippen LogP contribution in [0, 0.1) is 0 Å². The first kappa shape index (κ1) is 15.0. The molecule has 0 aliphatic carbocycles. The van der Waals surface area contributed by atoms with Crippen LogP contribution in [0.2, 0.25) is 0 Å². The van der Waals surface area contributed by atoms with Gasteiger partial charge in [-0.15, -0.1) is 0 Å². The van der Waals surface area contributed by atoms with Gasteiger partial charge in [0.25, 0.3) is 0 Å². The van der Waals surface area contributed by atoms with E-state index in [-0.39, 0.29) is 0 Å². The molecular weight excluding hydrogens is 222 g/mol. The largest absolute Gasteiger partial charge is 0.389 e. The van der Waals surface area contributed by atoms with Gasteiger partial charge in [0.1, 0.15) is 0 Å². The molecule has 0 aromatic heterocycles. The molecule has 1 aromatic carbocycles. The van der Waals surface area contributed by atoms with Crippen molar-refractivity contribution >= 4 is 5.69 Å². The highest BCUT2D eigenvalue weighted by molar-refractivity contribution is 5.55. The maximum atomic E-state index is 9.88. The Balaban J connectivity index is 2.91. The van der Waals surface area contributed by atoms with Gasteiger partial charge in [-0.2, -0.15) is 0 Å². The van der Waals surface area contributed by atoms with Crippen molar-refractivity contribution in [2.75, 3.05) is 11.4 Å². The number of hydrogen-bond donors (Lipinski definition) is 1. The number of anilines is 1. The summed E-state index contributed by atoms with van der Waals surface area (Å²) in [6.45, 7) is 9.55. The van der Waals surface area contributed by atoms with Crippen LogP contribution in [0.4, 0.5) is 5.69 Å². The zero-order chi connectivity index (χ0) is 13.5. The molecule has 0 saturated carbocycles. The number of nitrogens with zero attached hydrogens (tertiary/aromatic N) is 1. The van der Waals surface area contributed by atoms with Crippen molar-refractivity contribution in [3.63, 3.8) is 0 Å². The first-order valence-corrected chi connectivity index (χ1v) is 7.11. The number of hydrogen-bond acceptors (Lipinski definition) is 2. The Morgan fingerprint density at radius 1 is 1.11 bits per heavy atom. The van der Waals surface area contributed by atoms with E-state index >= 15 is 0 Å². The van der Waals surface area contributed by atoms with Crippen molar-refractivity contribution in [1.82, 2.24) is 0 Å². The molecule has 0 radical (unpaired) electrons. The van der Waals surface area contributed by atoms with Gasteiger partial charge in [-0.1, -0.05) is 38.0 Å². The molecule has 18 heavy (non-hydrogen) atoms. The topological polar surface area (TPSA) is 23.5 Å². The second kappa shape index (κ2) is 7.42. The molecule has 1 rings (SSSR count). The van der Waals surface area contributed by atoms with Crippen molar-refractivity contribution in [1.29, 1.82) is 0 Å². The van der Waals surface area contributed by atoms with Crippen LogP contribution in [-0.4, -0.2) is 17.7 Å². The number of benzene rings is 1. The molecule has 102 valence electrons. The maximum absolute atomic E-state index is 9.88. The summed E-state index contributed by atoms with van der Waals surface area (Å²) in [5.74, 6) is 0. The van der Waals surface area contributed by atoms with Gasteiger partial charge in [-0.3, -0.25) is 0 Å². The Kier molecular flexibility index (Phi) is 6.20. The highest BCUT2D eigenvalue weighted by Gasteiger charge is 2.15. The molecule has 2 heteroatoms. The Bertz CT molecular complexity index is 347. The van der Waals surface area contributed by atoms with Gasteiger partial charge in [0.2, 0.25) is 0 Å². The third-order valence-corrected chi connectivity index (χ3v) is 3.32. The third kappa shape index (κ3) is 4.02. The second-order valence-corrected chi connectivity index (χ2v) is 5.23. The van der Waals surface area contributed by atoms with Crippen LogP contribution >= 0.6 is 0 Å². The fraction of sp³-hybridized carbons (Fsp3) is 0.625. The number of unbranched alkanes of at least 4 members (excludes halogenated alkanes) is 2. The Morgan fingerprint density at radius 2 is 1.78 bits per heavy atom. The van der Waals surface area contributed by atoms with Crippen LogP contribution in [-0.2, 0) is 0 Å². The molecule has 1 aromatic rings. The van der Waals surface area contributed by atoms with E-state index in [0.29, 0.717) is 6.04 Å². The van der Waals surface area contributed by atoms with Gasteiger partial charge in [0.15, 0.2) is 0 Å². The van der Waals surface area contributed by atoms with Crippen molar-refractivity contribution in [3.05, 3.63) is 29.8 Å². The van der Waals surface area contributed by atoms with E-state index < -0.39 is 6.10 Å². The minimum atomic E-state index is -0.409. The molecule has 1 atom stereocenters. The van der Waals surface area contributed by atoms with Crippen molar-refractivity contribution < 1.29 is 5.11 Å². The zero-order valence-electron chi connectivity index (χ0n) is 12.2. The van der Waals surface area contributed by atoms with E-state index in [4.69, 9.17) is 0 Å². The van der Waals surface area contributed by atoms with E-state index in [1.807, 2.05) is 19.1 Å². The minimum Gasteiger partial charge on any atom is -0.389 e. The molecular formula is C16H27NO. The molecule has 0 fully saturated rings. The van der Waals surface area contributed by atoms with Crippen molar-refractivity contribution in [2.24, 2.45) is 0 Å². The van der Waals surface area contributed by atoms with Crippen LogP contribution in [0.25, 0.3) is 0 Å². The average Bonchev–Trinajstić information content (AvgIpc) is 2.34. The van der Waals surface area contributed by atoms with Gasteiger partial charge in [-0.25, -0.2) is 0 Å². The molecule has 0 unspecified atom stereocenters. The summed E-state index contributed by atoms with van der Waals surface area (Å²) in [6.07, 6.45) is 3.31. The Hall–Kier alpha value is -1.02. The van der Waals surface area contributed by atoms with Crippen molar-refractivity contribution in [3.8, 4) is 0 Å². The van der Waals surface area contributed by atoms with Crippen LogP contribution < -0.4 is 4.90 Å². The molecule has 0 aliphatic rings. The summed E-state index contributed by atoms with van der Waals surface area (Å²) >= 11 is 0. The SMILES string of the molecule is CCCCCN(c1ccccc1[C@@H](C)O)C(C)C. The monoisotopic (exact) mass is 249 g/mol. The smallest absolute Gasteiger partial charge is 0.0781 e. The van der Waals surface area contributed by atoms with E-state index in [1.165, 1.54) is 24.9 Å². The molecule has 1 N–H and O–H groups in total. The summed E-state index contributed by atoms with van der Waals surface area (Å²) in [5.41, 5.74) is 2.21. The van der Waals surface area contributed by atoms with E-state index in [9.17, 15) is 5.11 Å². The van der Waals surface area contributed by atoms with Crippen molar-refractivity contribution in [2.45, 2.75) is 59.1 Å². The first-order valence-electron chi connectivity index (χ1n) is 7.11. The fourth-order valence-corrected chi connectivity index (χ4v) is 2.29. The zero-order valence-corrected chi connectivity index (χ0v) is 12.2.